The third kappa shape index (κ3) is 3.13. The maximum atomic E-state index is 12.5. The first-order valence-electron chi connectivity index (χ1n) is 6.97. The maximum Gasteiger partial charge on any atom is 0.243 e. The van der Waals surface area contributed by atoms with E-state index in [0.29, 0.717) is 24.4 Å². The van der Waals surface area contributed by atoms with Crippen molar-refractivity contribution >= 4 is 15.7 Å². The van der Waals surface area contributed by atoms with Crippen molar-refractivity contribution < 1.29 is 13.5 Å². The summed E-state index contributed by atoms with van der Waals surface area (Å²) in [7, 11) is -3.46. The Balaban J connectivity index is 2.17. The minimum atomic E-state index is -3.46. The maximum absolute atomic E-state index is 12.5. The minimum absolute atomic E-state index is 0.0282. The van der Waals surface area contributed by atoms with Crippen LogP contribution in [-0.2, 0) is 10.0 Å². The van der Waals surface area contributed by atoms with Gasteiger partial charge in [0.25, 0.3) is 0 Å². The first-order valence-corrected chi connectivity index (χ1v) is 8.41. The molecule has 1 aromatic carbocycles. The highest BCUT2D eigenvalue weighted by Crippen LogP contribution is 2.24. The van der Waals surface area contributed by atoms with Crippen LogP contribution in [0, 0.1) is 5.92 Å². The first kappa shape index (κ1) is 15.3. The van der Waals surface area contributed by atoms with Crippen LogP contribution < -0.4 is 5.32 Å². The highest BCUT2D eigenvalue weighted by atomic mass is 32.2. The van der Waals surface area contributed by atoms with Crippen molar-refractivity contribution in [1.29, 1.82) is 0 Å². The largest absolute Gasteiger partial charge is 0.393 e. The van der Waals surface area contributed by atoms with Crippen molar-refractivity contribution in [3.05, 3.63) is 24.3 Å². The summed E-state index contributed by atoms with van der Waals surface area (Å²) in [6.07, 6.45) is 0.0909. The molecule has 0 radical (unpaired) electrons. The van der Waals surface area contributed by atoms with Crippen molar-refractivity contribution in [3.8, 4) is 0 Å². The molecule has 0 bridgehead atoms. The molecule has 1 heterocycles. The van der Waals surface area contributed by atoms with Gasteiger partial charge in [0, 0.05) is 25.3 Å². The highest BCUT2D eigenvalue weighted by molar-refractivity contribution is 7.89. The second-order valence-corrected chi connectivity index (χ2v) is 7.19. The van der Waals surface area contributed by atoms with Gasteiger partial charge in [-0.2, -0.15) is 4.31 Å². The lowest BCUT2D eigenvalue weighted by Crippen LogP contribution is -2.44. The van der Waals surface area contributed by atoms with Crippen LogP contribution >= 0.6 is 0 Å². The van der Waals surface area contributed by atoms with Gasteiger partial charge < -0.3 is 10.4 Å². The molecule has 1 fully saturated rings. The lowest BCUT2D eigenvalue weighted by molar-refractivity contribution is 0.0628. The van der Waals surface area contributed by atoms with Gasteiger partial charge >= 0.3 is 0 Å². The third-order valence-electron chi connectivity index (χ3n) is 3.70. The summed E-state index contributed by atoms with van der Waals surface area (Å²) in [5, 5.41) is 12.8. The van der Waals surface area contributed by atoms with E-state index in [1.54, 1.807) is 24.3 Å². The van der Waals surface area contributed by atoms with Crippen molar-refractivity contribution in [3.63, 3.8) is 0 Å². The molecule has 0 aromatic heterocycles. The van der Waals surface area contributed by atoms with Crippen molar-refractivity contribution in [2.24, 2.45) is 5.92 Å². The lowest BCUT2D eigenvalue weighted by Gasteiger charge is -2.33. The van der Waals surface area contributed by atoms with Gasteiger partial charge in [0.2, 0.25) is 10.0 Å². The van der Waals surface area contributed by atoms with E-state index in [1.807, 2.05) is 13.8 Å². The summed E-state index contributed by atoms with van der Waals surface area (Å²) in [4.78, 5) is 0.308. The molecule has 0 aliphatic carbocycles. The van der Waals surface area contributed by atoms with E-state index >= 15 is 0 Å². The van der Waals surface area contributed by atoms with Gasteiger partial charge in [-0.25, -0.2) is 8.42 Å². The van der Waals surface area contributed by atoms with E-state index in [2.05, 4.69) is 5.32 Å². The molecule has 2 atom stereocenters. The zero-order valence-electron chi connectivity index (χ0n) is 11.9. The van der Waals surface area contributed by atoms with Gasteiger partial charge in [0.15, 0.2) is 0 Å². The number of hydrogen-bond acceptors (Lipinski definition) is 4. The molecule has 1 aliphatic rings. The van der Waals surface area contributed by atoms with Gasteiger partial charge in [-0.15, -0.1) is 0 Å². The number of piperidine rings is 1. The van der Waals surface area contributed by atoms with Crippen LogP contribution in [0.1, 0.15) is 20.3 Å². The fourth-order valence-corrected chi connectivity index (χ4v) is 3.97. The predicted octanol–water partition coefficient (Wildman–Crippen LogP) is 1.51. The predicted molar refractivity (Wildman–Crippen MR) is 79.2 cm³/mol. The summed E-state index contributed by atoms with van der Waals surface area (Å²) in [6, 6.07) is 6.81. The zero-order chi connectivity index (χ0) is 14.8. The molecule has 5 nitrogen and oxygen atoms in total. The van der Waals surface area contributed by atoms with E-state index in [4.69, 9.17) is 0 Å². The van der Waals surface area contributed by atoms with Gasteiger partial charge in [0.05, 0.1) is 11.0 Å². The van der Waals surface area contributed by atoms with Crippen molar-refractivity contribution in [2.45, 2.75) is 31.3 Å². The second-order valence-electron chi connectivity index (χ2n) is 5.25. The van der Waals surface area contributed by atoms with E-state index in [0.717, 1.165) is 12.2 Å². The number of rotatable bonds is 4. The molecular formula is C14H22N2O3S. The molecule has 0 spiro atoms. The van der Waals surface area contributed by atoms with Crippen molar-refractivity contribution in [1.82, 2.24) is 4.31 Å². The first-order chi connectivity index (χ1) is 9.45. The van der Waals surface area contributed by atoms with E-state index in [1.165, 1.54) is 4.31 Å². The number of nitrogens with one attached hydrogen (secondary N) is 1. The van der Waals surface area contributed by atoms with Crippen LogP contribution in [0.2, 0.25) is 0 Å². The minimum Gasteiger partial charge on any atom is -0.393 e. The number of aliphatic hydroxyl groups is 1. The normalized spacial score (nSPS) is 24.6. The van der Waals surface area contributed by atoms with Crippen molar-refractivity contribution in [2.75, 3.05) is 25.0 Å². The summed E-state index contributed by atoms with van der Waals surface area (Å²) in [5.74, 6) is -0.0282. The van der Waals surface area contributed by atoms with Crippen LogP contribution in [0.3, 0.4) is 0 Å². The number of hydrogen-bond donors (Lipinski definition) is 2. The molecule has 6 heteroatoms. The van der Waals surface area contributed by atoms with Crippen LogP contribution in [-0.4, -0.2) is 43.6 Å². The number of nitrogens with zero attached hydrogens (tertiary/aromatic N) is 1. The van der Waals surface area contributed by atoms with Gasteiger partial charge in [-0.1, -0.05) is 6.92 Å². The van der Waals surface area contributed by atoms with Crippen LogP contribution in [0.25, 0.3) is 0 Å². The molecule has 2 rings (SSSR count). The average molecular weight is 298 g/mol. The smallest absolute Gasteiger partial charge is 0.243 e. The fraction of sp³-hybridized carbons (Fsp3) is 0.571. The van der Waals surface area contributed by atoms with Gasteiger partial charge in [0.1, 0.15) is 0 Å². The van der Waals surface area contributed by atoms with E-state index in [9.17, 15) is 13.5 Å². The molecule has 1 saturated heterocycles. The third-order valence-corrected chi connectivity index (χ3v) is 5.58. The van der Waals surface area contributed by atoms with Gasteiger partial charge in [-0.3, -0.25) is 0 Å². The Kier molecular flexibility index (Phi) is 4.67. The van der Waals surface area contributed by atoms with E-state index in [-0.39, 0.29) is 5.92 Å². The Hall–Kier alpha value is -1.11. The van der Waals surface area contributed by atoms with Crippen LogP contribution in [0.15, 0.2) is 29.2 Å². The molecule has 0 amide bonds. The topological polar surface area (TPSA) is 69.6 Å². The standard InChI is InChI=1S/C14H22N2O3S/c1-3-15-12-4-6-13(7-5-12)20(18,19)16-9-8-14(17)11(2)10-16/h4-7,11,14-15,17H,3,8-10H2,1-2H3. The summed E-state index contributed by atoms with van der Waals surface area (Å²) < 4.78 is 26.5. The SMILES string of the molecule is CCNc1ccc(S(=O)(=O)N2CCC(O)C(C)C2)cc1. The Bertz CT molecular complexity index is 542. The molecule has 1 aromatic rings. The molecular weight excluding hydrogens is 276 g/mol. The monoisotopic (exact) mass is 298 g/mol. The fourth-order valence-electron chi connectivity index (χ4n) is 2.41. The second kappa shape index (κ2) is 6.11. The Morgan fingerprint density at radius 3 is 2.55 bits per heavy atom. The molecule has 1 aliphatic heterocycles. The molecule has 20 heavy (non-hydrogen) atoms. The summed E-state index contributed by atoms with van der Waals surface area (Å²) in [6.45, 7) is 5.42. The summed E-state index contributed by atoms with van der Waals surface area (Å²) >= 11 is 0. The molecule has 2 unspecified atom stereocenters. The lowest BCUT2D eigenvalue weighted by atomic mass is 9.99. The Morgan fingerprint density at radius 1 is 1.35 bits per heavy atom. The van der Waals surface area contributed by atoms with Crippen LogP contribution in [0.4, 0.5) is 5.69 Å². The number of benzene rings is 1. The van der Waals surface area contributed by atoms with Crippen LogP contribution in [0.5, 0.6) is 0 Å². The molecule has 0 saturated carbocycles. The number of anilines is 1. The number of aliphatic hydroxyl groups excluding tert-OH is 1. The quantitative estimate of drug-likeness (QED) is 0.884. The Labute approximate surface area is 120 Å². The zero-order valence-corrected chi connectivity index (χ0v) is 12.7. The Morgan fingerprint density at radius 2 is 2.00 bits per heavy atom. The number of sulfonamides is 1. The molecule has 112 valence electrons. The highest BCUT2D eigenvalue weighted by Gasteiger charge is 2.32. The summed E-state index contributed by atoms with van der Waals surface area (Å²) in [5.41, 5.74) is 0.911. The molecule has 2 N–H and O–H groups in total. The van der Waals surface area contributed by atoms with E-state index < -0.39 is 16.1 Å². The average Bonchev–Trinajstić information content (AvgIpc) is 2.43. The van der Waals surface area contributed by atoms with Gasteiger partial charge in [-0.05, 0) is 43.5 Å².